The molecule has 3 aromatic rings. The first-order chi connectivity index (χ1) is 13.0. The van der Waals surface area contributed by atoms with Crippen molar-refractivity contribution in [1.29, 1.82) is 0 Å². The third-order valence-electron chi connectivity index (χ3n) is 4.77. The number of hydrogen-bond acceptors (Lipinski definition) is 5. The minimum absolute atomic E-state index is 0.0695. The normalized spacial score (nSPS) is 15.4. The summed E-state index contributed by atoms with van der Waals surface area (Å²) < 4.78 is 2.33. The van der Waals surface area contributed by atoms with Crippen LogP contribution in [0, 0.1) is 0 Å². The highest BCUT2D eigenvalue weighted by atomic mass is 35.5. The smallest absolute Gasteiger partial charge is 0.328 e. The highest BCUT2D eigenvalue weighted by molar-refractivity contribution is 7.18. The van der Waals surface area contributed by atoms with Gasteiger partial charge in [0.1, 0.15) is 6.54 Å². The highest BCUT2D eigenvalue weighted by Gasteiger charge is 2.26. The Kier molecular flexibility index (Phi) is 4.84. The fourth-order valence-electron chi connectivity index (χ4n) is 3.28. The summed E-state index contributed by atoms with van der Waals surface area (Å²) in [6, 6.07) is 6.96. The van der Waals surface area contributed by atoms with Crippen molar-refractivity contribution in [2.24, 2.45) is 0 Å². The molecule has 1 N–H and O–H groups in total. The van der Waals surface area contributed by atoms with Crippen LogP contribution in [0.2, 0.25) is 5.02 Å². The SMILES string of the molecule is O=C(Cn1ccc(=O)[nH]c1=O)N1CCC(c2nc3cc(Cl)ccc3s2)CC1. The summed E-state index contributed by atoms with van der Waals surface area (Å²) in [6.07, 6.45) is 3.01. The number of H-pyrrole nitrogens is 1. The van der Waals surface area contributed by atoms with Gasteiger partial charge in [0.2, 0.25) is 5.91 Å². The van der Waals surface area contributed by atoms with Crippen LogP contribution in [0.1, 0.15) is 23.8 Å². The number of amides is 1. The van der Waals surface area contributed by atoms with Gasteiger partial charge in [-0.1, -0.05) is 11.6 Å². The lowest BCUT2D eigenvalue weighted by atomic mass is 9.97. The summed E-state index contributed by atoms with van der Waals surface area (Å²) in [7, 11) is 0. The molecule has 1 amide bonds. The van der Waals surface area contributed by atoms with E-state index in [0.29, 0.717) is 24.0 Å². The second-order valence-corrected chi connectivity index (χ2v) is 8.06. The lowest BCUT2D eigenvalue weighted by Gasteiger charge is -2.31. The third kappa shape index (κ3) is 3.81. The molecule has 0 bridgehead atoms. The number of nitrogens with one attached hydrogen (secondary N) is 1. The van der Waals surface area contributed by atoms with E-state index < -0.39 is 11.2 Å². The fraction of sp³-hybridized carbons (Fsp3) is 0.333. The number of halogens is 1. The Morgan fingerprint density at radius 2 is 2.04 bits per heavy atom. The van der Waals surface area contributed by atoms with Crippen molar-refractivity contribution < 1.29 is 4.79 Å². The molecule has 1 aromatic carbocycles. The van der Waals surface area contributed by atoms with Gasteiger partial charge in [0.15, 0.2) is 0 Å². The lowest BCUT2D eigenvalue weighted by molar-refractivity contribution is -0.133. The first kappa shape index (κ1) is 17.9. The number of benzene rings is 1. The van der Waals surface area contributed by atoms with Gasteiger partial charge in [0.05, 0.1) is 15.2 Å². The summed E-state index contributed by atoms with van der Waals surface area (Å²) in [4.78, 5) is 43.9. The van der Waals surface area contributed by atoms with Crippen LogP contribution in [0.5, 0.6) is 0 Å². The van der Waals surface area contributed by atoms with Crippen LogP contribution in [0.4, 0.5) is 0 Å². The second kappa shape index (κ2) is 7.28. The topological polar surface area (TPSA) is 88.1 Å². The first-order valence-electron chi connectivity index (χ1n) is 8.63. The molecule has 0 aliphatic carbocycles. The zero-order valence-corrected chi connectivity index (χ0v) is 15.9. The van der Waals surface area contributed by atoms with E-state index in [1.807, 2.05) is 18.2 Å². The minimum atomic E-state index is -0.570. The molecular weight excluding hydrogens is 388 g/mol. The molecule has 1 aliphatic heterocycles. The van der Waals surface area contributed by atoms with Crippen LogP contribution in [0.15, 0.2) is 40.1 Å². The molecule has 7 nitrogen and oxygen atoms in total. The standard InChI is InChI=1S/C18H17ClN4O3S/c19-12-1-2-14-13(9-12)20-17(27-14)11-3-6-22(7-4-11)16(25)10-23-8-5-15(24)21-18(23)26/h1-2,5,8-9,11H,3-4,6-7,10H2,(H,21,24,26). The average molecular weight is 405 g/mol. The number of carbonyl (C=O) groups is 1. The maximum Gasteiger partial charge on any atom is 0.328 e. The molecule has 9 heteroatoms. The zero-order chi connectivity index (χ0) is 19.0. The number of piperidine rings is 1. The largest absolute Gasteiger partial charge is 0.341 e. The number of aromatic amines is 1. The maximum atomic E-state index is 12.5. The van der Waals surface area contributed by atoms with E-state index in [2.05, 4.69) is 4.98 Å². The fourth-order valence-corrected chi connectivity index (χ4v) is 4.57. The van der Waals surface area contributed by atoms with Crippen LogP contribution >= 0.6 is 22.9 Å². The highest BCUT2D eigenvalue weighted by Crippen LogP contribution is 2.34. The number of carbonyl (C=O) groups excluding carboxylic acids is 1. The molecule has 1 fully saturated rings. The monoisotopic (exact) mass is 404 g/mol. The van der Waals surface area contributed by atoms with Crippen LogP contribution in [-0.4, -0.2) is 38.4 Å². The molecule has 0 spiro atoms. The second-order valence-electron chi connectivity index (χ2n) is 6.56. The molecule has 1 aliphatic rings. The van der Waals surface area contributed by atoms with E-state index in [-0.39, 0.29) is 12.5 Å². The Hall–Kier alpha value is -2.45. The number of hydrogen-bond donors (Lipinski definition) is 1. The molecule has 0 atom stereocenters. The van der Waals surface area contributed by atoms with Crippen molar-refractivity contribution in [2.75, 3.05) is 13.1 Å². The van der Waals surface area contributed by atoms with Gasteiger partial charge >= 0.3 is 5.69 Å². The summed E-state index contributed by atoms with van der Waals surface area (Å²) in [5.74, 6) is 0.194. The number of rotatable bonds is 3. The van der Waals surface area contributed by atoms with E-state index in [1.165, 1.54) is 16.8 Å². The van der Waals surface area contributed by atoms with Gasteiger partial charge in [0, 0.05) is 36.3 Å². The van der Waals surface area contributed by atoms with Crippen LogP contribution < -0.4 is 11.2 Å². The molecule has 2 aromatic heterocycles. The number of fused-ring (bicyclic) bond motifs is 1. The Bertz CT molecular complexity index is 1110. The van der Waals surface area contributed by atoms with Crippen LogP contribution in [0.3, 0.4) is 0 Å². The molecule has 3 heterocycles. The Balaban J connectivity index is 1.41. The molecule has 27 heavy (non-hydrogen) atoms. The van der Waals surface area contributed by atoms with Gasteiger partial charge in [-0.3, -0.25) is 19.1 Å². The van der Waals surface area contributed by atoms with Crippen LogP contribution in [0.25, 0.3) is 10.2 Å². The lowest BCUT2D eigenvalue weighted by Crippen LogP contribution is -2.42. The van der Waals surface area contributed by atoms with Crippen LogP contribution in [-0.2, 0) is 11.3 Å². The molecule has 140 valence electrons. The first-order valence-corrected chi connectivity index (χ1v) is 9.82. The van der Waals surface area contributed by atoms with E-state index in [4.69, 9.17) is 16.6 Å². The maximum absolute atomic E-state index is 12.5. The Morgan fingerprint density at radius 3 is 2.78 bits per heavy atom. The van der Waals surface area contributed by atoms with Gasteiger partial charge in [-0.05, 0) is 31.0 Å². The van der Waals surface area contributed by atoms with Crippen molar-refractivity contribution in [3.05, 3.63) is 61.3 Å². The molecular formula is C18H17ClN4O3S. The van der Waals surface area contributed by atoms with Gasteiger partial charge < -0.3 is 4.90 Å². The summed E-state index contributed by atoms with van der Waals surface area (Å²) in [5.41, 5.74) is -0.126. The molecule has 4 rings (SSSR count). The van der Waals surface area contributed by atoms with Gasteiger partial charge in [0.25, 0.3) is 5.56 Å². The summed E-state index contributed by atoms with van der Waals surface area (Å²) >= 11 is 7.71. The van der Waals surface area contributed by atoms with Crippen molar-refractivity contribution in [1.82, 2.24) is 19.4 Å². The molecule has 0 unspecified atom stereocenters. The van der Waals surface area contributed by atoms with E-state index in [9.17, 15) is 14.4 Å². The van der Waals surface area contributed by atoms with Crippen molar-refractivity contribution in [3.63, 3.8) is 0 Å². The Labute approximate surface area is 163 Å². The Morgan fingerprint density at radius 1 is 1.26 bits per heavy atom. The number of likely N-dealkylation sites (tertiary alicyclic amines) is 1. The predicted octanol–water partition coefficient (Wildman–Crippen LogP) is 2.21. The van der Waals surface area contributed by atoms with E-state index in [0.717, 1.165) is 28.1 Å². The number of aromatic nitrogens is 3. The van der Waals surface area contributed by atoms with Gasteiger partial charge in [-0.2, -0.15) is 0 Å². The summed E-state index contributed by atoms with van der Waals surface area (Å²) in [6.45, 7) is 1.18. The van der Waals surface area contributed by atoms with E-state index >= 15 is 0 Å². The van der Waals surface area contributed by atoms with Crippen molar-refractivity contribution in [3.8, 4) is 0 Å². The average Bonchev–Trinajstić information content (AvgIpc) is 3.07. The summed E-state index contributed by atoms with van der Waals surface area (Å²) in [5, 5.41) is 1.76. The predicted molar refractivity (Wildman–Crippen MR) is 105 cm³/mol. The van der Waals surface area contributed by atoms with E-state index in [1.54, 1.807) is 16.2 Å². The van der Waals surface area contributed by atoms with Crippen molar-refractivity contribution >= 4 is 39.1 Å². The quantitative estimate of drug-likeness (QED) is 0.724. The van der Waals surface area contributed by atoms with Crippen molar-refractivity contribution in [2.45, 2.75) is 25.3 Å². The number of nitrogens with zero attached hydrogens (tertiary/aromatic N) is 3. The molecule has 1 saturated heterocycles. The third-order valence-corrected chi connectivity index (χ3v) is 6.20. The minimum Gasteiger partial charge on any atom is -0.341 e. The van der Waals surface area contributed by atoms with Gasteiger partial charge in [-0.15, -0.1) is 11.3 Å². The van der Waals surface area contributed by atoms with Gasteiger partial charge in [-0.25, -0.2) is 9.78 Å². The molecule has 0 saturated carbocycles. The number of thiazole rings is 1. The molecule has 0 radical (unpaired) electrons. The zero-order valence-electron chi connectivity index (χ0n) is 14.4.